The van der Waals surface area contributed by atoms with E-state index in [-0.39, 0.29) is 17.9 Å². The number of carboxylic acids is 1. The van der Waals surface area contributed by atoms with Crippen LogP contribution in [0, 0.1) is 5.92 Å². The lowest BCUT2D eigenvalue weighted by Crippen LogP contribution is -2.60. The summed E-state index contributed by atoms with van der Waals surface area (Å²) in [5.74, 6) is -0.808. The van der Waals surface area contributed by atoms with Gasteiger partial charge in [-0.05, 0) is 12.8 Å². The predicted octanol–water partition coefficient (Wildman–Crippen LogP) is 0.0803. The Morgan fingerprint density at radius 2 is 2.25 bits per heavy atom. The first kappa shape index (κ1) is 7.58. The Bertz CT molecular complexity index is 251. The molecule has 0 aromatic heterocycles. The fourth-order valence-electron chi connectivity index (χ4n) is 2.21. The average molecular weight is 169 g/mol. The van der Waals surface area contributed by atoms with Crippen LogP contribution >= 0.6 is 0 Å². The van der Waals surface area contributed by atoms with Gasteiger partial charge in [0.05, 0.1) is 5.92 Å². The fourth-order valence-corrected chi connectivity index (χ4v) is 2.21. The Morgan fingerprint density at radius 3 is 2.83 bits per heavy atom. The van der Waals surface area contributed by atoms with Crippen LogP contribution < -0.4 is 0 Å². The third-order valence-electron chi connectivity index (χ3n) is 2.94. The topological polar surface area (TPSA) is 57.6 Å². The Kier molecular flexibility index (Phi) is 1.40. The number of carbonyl (C=O) groups is 2. The number of β-lactam (4-membered cyclic amide) rings is 1. The first-order valence-corrected chi connectivity index (χ1v) is 4.18. The van der Waals surface area contributed by atoms with Crippen LogP contribution in [0.1, 0.15) is 19.8 Å². The number of carbonyl (C=O) groups excluding carboxylic acids is 1. The maximum absolute atomic E-state index is 11.2. The summed E-state index contributed by atoms with van der Waals surface area (Å²) in [5, 5.41) is 8.75. The van der Waals surface area contributed by atoms with Gasteiger partial charge in [0.2, 0.25) is 5.91 Å². The van der Waals surface area contributed by atoms with Gasteiger partial charge in [0.25, 0.3) is 0 Å². The van der Waals surface area contributed by atoms with E-state index in [0.717, 1.165) is 6.42 Å². The first-order valence-electron chi connectivity index (χ1n) is 4.18. The van der Waals surface area contributed by atoms with Crippen LogP contribution in [-0.2, 0) is 9.59 Å². The van der Waals surface area contributed by atoms with E-state index in [2.05, 4.69) is 0 Å². The van der Waals surface area contributed by atoms with Crippen molar-refractivity contribution in [3.63, 3.8) is 0 Å². The van der Waals surface area contributed by atoms with E-state index in [1.165, 1.54) is 4.90 Å². The summed E-state index contributed by atoms with van der Waals surface area (Å²) in [6, 6.07) is -0.336. The number of fused-ring (bicyclic) bond motifs is 1. The molecule has 0 bridgehead atoms. The van der Waals surface area contributed by atoms with Crippen molar-refractivity contribution in [2.24, 2.45) is 5.92 Å². The Morgan fingerprint density at radius 1 is 1.58 bits per heavy atom. The van der Waals surface area contributed by atoms with Crippen molar-refractivity contribution >= 4 is 11.9 Å². The third-order valence-corrected chi connectivity index (χ3v) is 2.94. The smallest absolute Gasteiger partial charge is 0.326 e. The van der Waals surface area contributed by atoms with Gasteiger partial charge in [-0.1, -0.05) is 6.92 Å². The first-order chi connectivity index (χ1) is 5.63. The number of carboxylic acid groups (broad SMARTS) is 1. The highest BCUT2D eigenvalue weighted by Crippen LogP contribution is 2.39. The molecule has 0 saturated carbocycles. The summed E-state index contributed by atoms with van der Waals surface area (Å²) in [6.45, 7) is 1.87. The van der Waals surface area contributed by atoms with Crippen LogP contribution in [0.25, 0.3) is 0 Å². The number of hydrogen-bond donors (Lipinski definition) is 1. The molecule has 3 unspecified atom stereocenters. The zero-order chi connectivity index (χ0) is 8.88. The SMILES string of the molecule is CC1C(=O)N2C(C(=O)O)CCC12. The molecule has 2 fully saturated rings. The molecule has 12 heavy (non-hydrogen) atoms. The van der Waals surface area contributed by atoms with Gasteiger partial charge in [-0.2, -0.15) is 0 Å². The van der Waals surface area contributed by atoms with Gasteiger partial charge in [-0.25, -0.2) is 4.79 Å². The molecule has 1 amide bonds. The maximum Gasteiger partial charge on any atom is 0.326 e. The maximum atomic E-state index is 11.2. The van der Waals surface area contributed by atoms with Crippen molar-refractivity contribution in [2.75, 3.05) is 0 Å². The summed E-state index contributed by atoms with van der Waals surface area (Å²) in [7, 11) is 0. The summed E-state index contributed by atoms with van der Waals surface area (Å²) in [6.07, 6.45) is 1.47. The van der Waals surface area contributed by atoms with Gasteiger partial charge in [0, 0.05) is 6.04 Å². The standard InChI is InChI=1S/C8H11NO3/c1-4-5-2-3-6(8(11)12)9(5)7(4)10/h4-6H,2-3H2,1H3,(H,11,12). The molecule has 0 aromatic rings. The molecule has 1 N–H and O–H groups in total. The zero-order valence-electron chi connectivity index (χ0n) is 6.86. The monoisotopic (exact) mass is 169 g/mol. The number of nitrogens with zero attached hydrogens (tertiary/aromatic N) is 1. The zero-order valence-corrected chi connectivity index (χ0v) is 6.86. The van der Waals surface area contributed by atoms with E-state index in [0.29, 0.717) is 6.42 Å². The molecule has 4 heteroatoms. The van der Waals surface area contributed by atoms with Crippen molar-refractivity contribution in [2.45, 2.75) is 31.8 Å². The molecular weight excluding hydrogens is 158 g/mol. The quantitative estimate of drug-likeness (QED) is 0.565. The number of aliphatic carboxylic acids is 1. The van der Waals surface area contributed by atoms with Crippen molar-refractivity contribution < 1.29 is 14.7 Å². The van der Waals surface area contributed by atoms with E-state index in [4.69, 9.17) is 5.11 Å². The summed E-state index contributed by atoms with van der Waals surface area (Å²) in [5.41, 5.74) is 0. The molecular formula is C8H11NO3. The van der Waals surface area contributed by atoms with Gasteiger partial charge in [-0.15, -0.1) is 0 Å². The molecule has 0 radical (unpaired) electrons. The lowest BCUT2D eigenvalue weighted by molar-refractivity contribution is -0.162. The molecule has 66 valence electrons. The molecule has 0 aliphatic carbocycles. The van der Waals surface area contributed by atoms with E-state index >= 15 is 0 Å². The molecule has 2 heterocycles. The van der Waals surface area contributed by atoms with Gasteiger partial charge < -0.3 is 10.0 Å². The van der Waals surface area contributed by atoms with Crippen molar-refractivity contribution in [3.8, 4) is 0 Å². The number of rotatable bonds is 1. The van der Waals surface area contributed by atoms with E-state index in [1.54, 1.807) is 0 Å². The summed E-state index contributed by atoms with van der Waals surface area (Å²) >= 11 is 0. The van der Waals surface area contributed by atoms with Gasteiger partial charge in [0.15, 0.2) is 0 Å². The molecule has 3 atom stereocenters. The van der Waals surface area contributed by atoms with Crippen LogP contribution in [-0.4, -0.2) is 34.0 Å². The Balaban J connectivity index is 2.16. The number of amides is 1. The van der Waals surface area contributed by atoms with Crippen molar-refractivity contribution in [1.29, 1.82) is 0 Å². The van der Waals surface area contributed by atoms with Crippen molar-refractivity contribution in [1.82, 2.24) is 4.90 Å². The van der Waals surface area contributed by atoms with E-state index < -0.39 is 12.0 Å². The molecule has 2 aliphatic heterocycles. The summed E-state index contributed by atoms with van der Waals surface area (Å²) in [4.78, 5) is 23.4. The molecule has 2 aliphatic rings. The fraction of sp³-hybridized carbons (Fsp3) is 0.750. The van der Waals surface area contributed by atoms with Crippen molar-refractivity contribution in [3.05, 3.63) is 0 Å². The highest BCUT2D eigenvalue weighted by atomic mass is 16.4. The largest absolute Gasteiger partial charge is 0.480 e. The Labute approximate surface area is 70.2 Å². The van der Waals surface area contributed by atoms with Crippen LogP contribution in [0.4, 0.5) is 0 Å². The van der Waals surface area contributed by atoms with Crippen LogP contribution in [0.3, 0.4) is 0 Å². The van der Waals surface area contributed by atoms with Crippen LogP contribution in [0.15, 0.2) is 0 Å². The van der Waals surface area contributed by atoms with E-state index in [1.807, 2.05) is 6.92 Å². The second-order valence-electron chi connectivity index (χ2n) is 3.53. The van der Waals surface area contributed by atoms with E-state index in [9.17, 15) is 9.59 Å². The highest BCUT2D eigenvalue weighted by Gasteiger charge is 2.53. The number of hydrogen-bond acceptors (Lipinski definition) is 2. The lowest BCUT2D eigenvalue weighted by atomic mass is 9.90. The molecule has 4 nitrogen and oxygen atoms in total. The van der Waals surface area contributed by atoms with Gasteiger partial charge >= 0.3 is 5.97 Å². The molecule has 0 spiro atoms. The summed E-state index contributed by atoms with van der Waals surface area (Å²) < 4.78 is 0. The highest BCUT2D eigenvalue weighted by molar-refractivity contribution is 5.91. The molecule has 2 rings (SSSR count). The van der Waals surface area contributed by atoms with Crippen LogP contribution in [0.5, 0.6) is 0 Å². The molecule has 2 saturated heterocycles. The lowest BCUT2D eigenvalue weighted by Gasteiger charge is -2.42. The average Bonchev–Trinajstić information content (AvgIpc) is 2.43. The predicted molar refractivity (Wildman–Crippen MR) is 40.5 cm³/mol. The Hall–Kier alpha value is -1.06. The second kappa shape index (κ2) is 2.21. The minimum absolute atomic E-state index is 0.00454. The van der Waals surface area contributed by atoms with Crippen LogP contribution in [0.2, 0.25) is 0 Å². The molecule has 0 aromatic carbocycles. The third kappa shape index (κ3) is 0.722. The minimum Gasteiger partial charge on any atom is -0.480 e. The van der Waals surface area contributed by atoms with Gasteiger partial charge in [-0.3, -0.25) is 4.79 Å². The normalized spacial score (nSPS) is 39.2. The second-order valence-corrected chi connectivity index (χ2v) is 3.53. The van der Waals surface area contributed by atoms with Gasteiger partial charge in [0.1, 0.15) is 6.04 Å². The minimum atomic E-state index is -0.863.